The molecule has 0 bridgehead atoms. The fourth-order valence-electron chi connectivity index (χ4n) is 2.85. The molecule has 0 radical (unpaired) electrons. The third-order valence-corrected chi connectivity index (χ3v) is 4.89. The van der Waals surface area contributed by atoms with E-state index in [0.29, 0.717) is 29.7 Å². The Morgan fingerprint density at radius 1 is 1.38 bits per heavy atom. The molecule has 1 aromatic carbocycles. The summed E-state index contributed by atoms with van der Waals surface area (Å²) in [6.07, 6.45) is 1.70. The Kier molecular flexibility index (Phi) is 7.68. The van der Waals surface area contributed by atoms with Gasteiger partial charge in [-0.05, 0) is 37.3 Å². The van der Waals surface area contributed by atoms with E-state index >= 15 is 0 Å². The predicted octanol–water partition coefficient (Wildman–Crippen LogP) is 1.86. The number of methoxy groups -OCH3 is 1. The van der Waals surface area contributed by atoms with Crippen molar-refractivity contribution in [1.29, 1.82) is 0 Å². The van der Waals surface area contributed by atoms with E-state index in [1.54, 1.807) is 12.1 Å². The number of nitrogens with one attached hydrogen (secondary N) is 2. The van der Waals surface area contributed by atoms with Gasteiger partial charge in [-0.15, -0.1) is 0 Å². The topological polar surface area (TPSA) is 103 Å². The molecular formula is C18H26ClN3O4. The third-order valence-electron chi connectivity index (χ3n) is 4.48. The number of ether oxygens (including phenoxy) is 2. The number of aryl methyl sites for hydroxylation is 1. The summed E-state index contributed by atoms with van der Waals surface area (Å²) in [5.74, 6) is 0.146. The van der Waals surface area contributed by atoms with Crippen LogP contribution in [-0.2, 0) is 14.3 Å². The summed E-state index contributed by atoms with van der Waals surface area (Å²) >= 11 is 6.05. The summed E-state index contributed by atoms with van der Waals surface area (Å²) in [7, 11) is 1.51. The second-order valence-corrected chi connectivity index (χ2v) is 6.77. The summed E-state index contributed by atoms with van der Waals surface area (Å²) in [5, 5.41) is 6.07. The minimum atomic E-state index is -0.569. The van der Waals surface area contributed by atoms with E-state index in [-0.39, 0.29) is 30.7 Å². The van der Waals surface area contributed by atoms with Crippen LogP contribution in [0.5, 0.6) is 5.75 Å². The molecule has 2 amide bonds. The number of halogens is 1. The van der Waals surface area contributed by atoms with Gasteiger partial charge in [-0.1, -0.05) is 11.6 Å². The number of benzene rings is 1. The molecule has 1 heterocycles. The van der Waals surface area contributed by atoms with Crippen molar-refractivity contribution in [2.45, 2.75) is 32.2 Å². The lowest BCUT2D eigenvalue weighted by molar-refractivity contribution is -0.124. The van der Waals surface area contributed by atoms with Gasteiger partial charge in [0.1, 0.15) is 5.75 Å². The van der Waals surface area contributed by atoms with Crippen molar-refractivity contribution >= 4 is 29.1 Å². The van der Waals surface area contributed by atoms with Gasteiger partial charge in [0.25, 0.3) is 0 Å². The van der Waals surface area contributed by atoms with Gasteiger partial charge in [0.15, 0.2) is 0 Å². The molecule has 0 saturated carbocycles. The zero-order chi connectivity index (χ0) is 19.1. The molecule has 144 valence electrons. The zero-order valence-corrected chi connectivity index (χ0v) is 15.9. The Morgan fingerprint density at radius 3 is 2.73 bits per heavy atom. The van der Waals surface area contributed by atoms with Gasteiger partial charge < -0.3 is 25.8 Å². The highest BCUT2D eigenvalue weighted by molar-refractivity contribution is 6.31. The highest BCUT2D eigenvalue weighted by Crippen LogP contribution is 2.30. The van der Waals surface area contributed by atoms with Crippen LogP contribution in [0.3, 0.4) is 0 Å². The van der Waals surface area contributed by atoms with E-state index in [1.807, 2.05) is 6.92 Å². The molecule has 1 atom stereocenters. The van der Waals surface area contributed by atoms with Crippen molar-refractivity contribution < 1.29 is 19.1 Å². The SMILES string of the molecule is COc1cc(Cl)c(C)cc1NC(=O)CCNC(=O)C(N)C1CCOCC1. The van der Waals surface area contributed by atoms with Crippen LogP contribution in [0.4, 0.5) is 5.69 Å². The highest BCUT2D eigenvalue weighted by Gasteiger charge is 2.26. The molecular weight excluding hydrogens is 358 g/mol. The van der Waals surface area contributed by atoms with Crippen molar-refractivity contribution in [3.05, 3.63) is 22.7 Å². The van der Waals surface area contributed by atoms with Crippen molar-refractivity contribution in [3.8, 4) is 5.75 Å². The van der Waals surface area contributed by atoms with E-state index in [9.17, 15) is 9.59 Å². The van der Waals surface area contributed by atoms with Crippen molar-refractivity contribution in [3.63, 3.8) is 0 Å². The van der Waals surface area contributed by atoms with Crippen LogP contribution < -0.4 is 21.1 Å². The molecule has 0 aromatic heterocycles. The summed E-state index contributed by atoms with van der Waals surface area (Å²) in [4.78, 5) is 24.3. The lowest BCUT2D eigenvalue weighted by Crippen LogP contribution is -2.47. The maximum absolute atomic E-state index is 12.1. The van der Waals surface area contributed by atoms with Crippen LogP contribution in [0.15, 0.2) is 12.1 Å². The smallest absolute Gasteiger partial charge is 0.237 e. The number of hydrogen-bond donors (Lipinski definition) is 3. The van der Waals surface area contributed by atoms with Crippen LogP contribution in [0.2, 0.25) is 5.02 Å². The van der Waals surface area contributed by atoms with Gasteiger partial charge in [0.05, 0.1) is 18.8 Å². The van der Waals surface area contributed by atoms with Crippen LogP contribution >= 0.6 is 11.6 Å². The first-order valence-electron chi connectivity index (χ1n) is 8.67. The van der Waals surface area contributed by atoms with E-state index in [2.05, 4.69) is 10.6 Å². The molecule has 8 heteroatoms. The van der Waals surface area contributed by atoms with Crippen LogP contribution in [0.1, 0.15) is 24.8 Å². The Hall–Kier alpha value is -1.83. The summed E-state index contributed by atoms with van der Waals surface area (Å²) in [5.41, 5.74) is 7.38. The first kappa shape index (κ1) is 20.5. The maximum Gasteiger partial charge on any atom is 0.237 e. The van der Waals surface area contributed by atoms with Gasteiger partial charge >= 0.3 is 0 Å². The largest absolute Gasteiger partial charge is 0.495 e. The lowest BCUT2D eigenvalue weighted by Gasteiger charge is -2.26. The van der Waals surface area contributed by atoms with Gasteiger partial charge in [-0.2, -0.15) is 0 Å². The lowest BCUT2D eigenvalue weighted by atomic mass is 9.92. The number of carbonyl (C=O) groups is 2. The zero-order valence-electron chi connectivity index (χ0n) is 15.1. The first-order chi connectivity index (χ1) is 12.4. The standard InChI is InChI=1S/C18H26ClN3O4/c1-11-9-14(15(25-2)10-13(11)19)22-16(23)3-6-21-18(24)17(20)12-4-7-26-8-5-12/h9-10,12,17H,3-8,20H2,1-2H3,(H,21,24)(H,22,23). The minimum Gasteiger partial charge on any atom is -0.495 e. The molecule has 1 aliphatic heterocycles. The van der Waals surface area contributed by atoms with Crippen LogP contribution in [0, 0.1) is 12.8 Å². The molecule has 0 spiro atoms. The second-order valence-electron chi connectivity index (χ2n) is 6.37. The molecule has 2 rings (SSSR count). The molecule has 26 heavy (non-hydrogen) atoms. The molecule has 1 aromatic rings. The van der Waals surface area contributed by atoms with E-state index in [4.69, 9.17) is 26.8 Å². The molecule has 7 nitrogen and oxygen atoms in total. The predicted molar refractivity (Wildman–Crippen MR) is 101 cm³/mol. The molecule has 0 aliphatic carbocycles. The molecule has 1 fully saturated rings. The fraction of sp³-hybridized carbons (Fsp3) is 0.556. The average Bonchev–Trinajstić information content (AvgIpc) is 2.64. The first-order valence-corrected chi connectivity index (χ1v) is 9.05. The maximum atomic E-state index is 12.1. The van der Waals surface area contributed by atoms with Crippen LogP contribution in [-0.4, -0.2) is 44.7 Å². The number of carbonyl (C=O) groups excluding carboxylic acids is 2. The number of nitrogens with two attached hydrogens (primary N) is 1. The average molecular weight is 384 g/mol. The number of hydrogen-bond acceptors (Lipinski definition) is 5. The molecule has 1 saturated heterocycles. The number of amides is 2. The van der Waals surface area contributed by atoms with E-state index in [0.717, 1.165) is 18.4 Å². The summed E-state index contributed by atoms with van der Waals surface area (Å²) < 4.78 is 10.5. The highest BCUT2D eigenvalue weighted by atomic mass is 35.5. The summed E-state index contributed by atoms with van der Waals surface area (Å²) in [6, 6.07) is 2.83. The van der Waals surface area contributed by atoms with E-state index in [1.165, 1.54) is 7.11 Å². The Labute approximate surface area is 158 Å². The van der Waals surface area contributed by atoms with Gasteiger partial charge in [0.2, 0.25) is 11.8 Å². The third kappa shape index (κ3) is 5.59. The molecule has 4 N–H and O–H groups in total. The fourth-order valence-corrected chi connectivity index (χ4v) is 3.00. The molecule has 1 unspecified atom stereocenters. The molecule has 1 aliphatic rings. The van der Waals surface area contributed by atoms with Crippen molar-refractivity contribution in [2.75, 3.05) is 32.2 Å². The van der Waals surface area contributed by atoms with Crippen LogP contribution in [0.25, 0.3) is 0 Å². The van der Waals surface area contributed by atoms with Gasteiger partial charge in [0, 0.05) is 37.3 Å². The number of rotatable bonds is 7. The Balaban J connectivity index is 1.80. The quantitative estimate of drug-likeness (QED) is 0.666. The van der Waals surface area contributed by atoms with Gasteiger partial charge in [-0.25, -0.2) is 0 Å². The monoisotopic (exact) mass is 383 g/mol. The normalized spacial score (nSPS) is 16.0. The second kappa shape index (κ2) is 9.75. The van der Waals surface area contributed by atoms with Gasteiger partial charge in [-0.3, -0.25) is 9.59 Å². The minimum absolute atomic E-state index is 0.124. The number of anilines is 1. The Bertz CT molecular complexity index is 648. The van der Waals surface area contributed by atoms with E-state index < -0.39 is 6.04 Å². The van der Waals surface area contributed by atoms with Crippen molar-refractivity contribution in [1.82, 2.24) is 5.32 Å². The Morgan fingerprint density at radius 2 is 2.08 bits per heavy atom. The summed E-state index contributed by atoms with van der Waals surface area (Å²) in [6.45, 7) is 3.33. The van der Waals surface area contributed by atoms with Crippen molar-refractivity contribution in [2.24, 2.45) is 11.7 Å².